The van der Waals surface area contributed by atoms with E-state index in [0.29, 0.717) is 33.0 Å². The Kier molecular flexibility index (Phi) is 7.02. The first-order valence-corrected chi connectivity index (χ1v) is 12.6. The quantitative estimate of drug-likeness (QED) is 0.264. The number of hydrogen-bond donors (Lipinski definition) is 2. The van der Waals surface area contributed by atoms with Gasteiger partial charge in [0, 0.05) is 34.9 Å². The van der Waals surface area contributed by atoms with Gasteiger partial charge in [0.15, 0.2) is 6.73 Å². The van der Waals surface area contributed by atoms with E-state index < -0.39 is 23.9 Å². The van der Waals surface area contributed by atoms with Gasteiger partial charge in [-0.3, -0.25) is 14.3 Å². The Labute approximate surface area is 229 Å². The highest BCUT2D eigenvalue weighted by Crippen LogP contribution is 2.43. The van der Waals surface area contributed by atoms with Crippen molar-refractivity contribution in [1.29, 1.82) is 0 Å². The second kappa shape index (κ2) is 10.4. The molecule has 200 valence electrons. The third-order valence-electron chi connectivity index (χ3n) is 6.01. The number of carbonyl (C=O) groups excluding carboxylic acids is 2. The van der Waals surface area contributed by atoms with Crippen molar-refractivity contribution in [1.82, 2.24) is 24.5 Å². The summed E-state index contributed by atoms with van der Waals surface area (Å²) in [5, 5.41) is 11.9. The number of thiophene rings is 1. The Morgan fingerprint density at radius 3 is 2.56 bits per heavy atom. The van der Waals surface area contributed by atoms with Crippen LogP contribution in [0.2, 0.25) is 5.02 Å². The number of halogens is 3. The zero-order valence-corrected chi connectivity index (χ0v) is 22.1. The minimum Gasteiger partial charge on any atom is -0.471 e. The van der Waals surface area contributed by atoms with Crippen LogP contribution in [0.5, 0.6) is 5.75 Å². The molecule has 0 aliphatic heterocycles. The molecular formula is C25H20ClF2N7O3S. The van der Waals surface area contributed by atoms with Crippen LogP contribution in [0.3, 0.4) is 0 Å². The lowest BCUT2D eigenvalue weighted by Gasteiger charge is -2.12. The molecule has 0 atom stereocenters. The molecule has 0 radical (unpaired) electrons. The third kappa shape index (κ3) is 5.05. The standard InChI is InChI=1S/C25H20ClF2N7O3S/c1-12-16(10-31-34(12)2)15-9-17(22(27)28)32-25-19(15)20(21(39-25)23(29)36)33-24(37)18-7-8-30-35(18)11-38-14-5-3-13(26)4-6-14/h3-10,22H,11H2,1-2H3,(H2,29,36)(H,33,37). The van der Waals surface area contributed by atoms with E-state index in [1.54, 1.807) is 42.9 Å². The van der Waals surface area contributed by atoms with Crippen LogP contribution in [0, 0.1) is 6.92 Å². The van der Waals surface area contributed by atoms with Crippen LogP contribution in [-0.2, 0) is 13.8 Å². The van der Waals surface area contributed by atoms with Gasteiger partial charge >= 0.3 is 0 Å². The van der Waals surface area contributed by atoms with Crippen molar-refractivity contribution in [3.63, 3.8) is 0 Å². The number of primary amides is 1. The summed E-state index contributed by atoms with van der Waals surface area (Å²) in [6, 6.07) is 9.37. The lowest BCUT2D eigenvalue weighted by molar-refractivity contribution is 0.100. The molecule has 4 aromatic heterocycles. The zero-order valence-electron chi connectivity index (χ0n) is 20.5. The van der Waals surface area contributed by atoms with E-state index in [1.807, 2.05) is 0 Å². The number of fused-ring (bicyclic) bond motifs is 1. The first-order valence-electron chi connectivity index (χ1n) is 11.4. The number of nitrogens with two attached hydrogens (primary N) is 1. The molecule has 3 N–H and O–H groups in total. The summed E-state index contributed by atoms with van der Waals surface area (Å²) in [7, 11) is 1.71. The van der Waals surface area contributed by atoms with Crippen molar-refractivity contribution in [2.24, 2.45) is 12.8 Å². The van der Waals surface area contributed by atoms with Gasteiger partial charge in [-0.1, -0.05) is 11.6 Å². The number of nitrogens with one attached hydrogen (secondary N) is 1. The van der Waals surface area contributed by atoms with Gasteiger partial charge in [0.1, 0.15) is 26.8 Å². The van der Waals surface area contributed by atoms with Gasteiger partial charge in [0.2, 0.25) is 0 Å². The normalized spacial score (nSPS) is 11.3. The van der Waals surface area contributed by atoms with Crippen molar-refractivity contribution < 1.29 is 23.1 Å². The number of nitrogens with zero attached hydrogens (tertiary/aromatic N) is 5. The van der Waals surface area contributed by atoms with Gasteiger partial charge in [-0.25, -0.2) is 18.4 Å². The number of ether oxygens (including phenoxy) is 1. The predicted octanol–water partition coefficient (Wildman–Crippen LogP) is 5.18. The second-order valence-corrected chi connectivity index (χ2v) is 9.85. The van der Waals surface area contributed by atoms with Gasteiger partial charge in [0.05, 0.1) is 11.9 Å². The molecule has 0 fully saturated rings. The molecule has 0 aliphatic carbocycles. The summed E-state index contributed by atoms with van der Waals surface area (Å²) in [5.41, 5.74) is 6.89. The summed E-state index contributed by atoms with van der Waals surface area (Å²) in [6.45, 7) is 1.68. The van der Waals surface area contributed by atoms with Crippen LogP contribution < -0.4 is 15.8 Å². The Hall–Kier alpha value is -4.36. The number of pyridine rings is 1. The van der Waals surface area contributed by atoms with E-state index in [4.69, 9.17) is 22.1 Å². The van der Waals surface area contributed by atoms with Crippen molar-refractivity contribution in [3.05, 3.63) is 75.8 Å². The van der Waals surface area contributed by atoms with Crippen LogP contribution >= 0.6 is 22.9 Å². The largest absolute Gasteiger partial charge is 0.471 e. The maximum absolute atomic E-state index is 13.7. The Morgan fingerprint density at radius 2 is 1.92 bits per heavy atom. The van der Waals surface area contributed by atoms with E-state index in [2.05, 4.69) is 20.5 Å². The predicted molar refractivity (Wildman–Crippen MR) is 142 cm³/mol. The fourth-order valence-electron chi connectivity index (χ4n) is 3.97. The SMILES string of the molecule is Cc1c(-c2cc(C(F)F)nc3sc(C(N)=O)c(NC(=O)c4ccnn4COc4ccc(Cl)cc4)c23)cnn1C. The molecule has 0 saturated heterocycles. The van der Waals surface area contributed by atoms with E-state index in [-0.39, 0.29) is 27.8 Å². The molecule has 0 spiro atoms. The first kappa shape index (κ1) is 26.3. The zero-order chi connectivity index (χ0) is 27.8. The molecule has 1 aromatic carbocycles. The lowest BCUT2D eigenvalue weighted by Crippen LogP contribution is -2.21. The van der Waals surface area contributed by atoms with Gasteiger partial charge < -0.3 is 15.8 Å². The maximum atomic E-state index is 13.7. The fourth-order valence-corrected chi connectivity index (χ4v) is 5.11. The highest BCUT2D eigenvalue weighted by Gasteiger charge is 2.27. The molecule has 0 aliphatic rings. The third-order valence-corrected chi connectivity index (χ3v) is 7.36. The summed E-state index contributed by atoms with van der Waals surface area (Å²) in [4.78, 5) is 29.9. The molecular weight excluding hydrogens is 552 g/mol. The van der Waals surface area contributed by atoms with Gasteiger partial charge in [-0.15, -0.1) is 11.3 Å². The summed E-state index contributed by atoms with van der Waals surface area (Å²) < 4.78 is 36.1. The number of anilines is 1. The summed E-state index contributed by atoms with van der Waals surface area (Å²) in [6.07, 6.45) is 0.0783. The lowest BCUT2D eigenvalue weighted by atomic mass is 10.0. The van der Waals surface area contributed by atoms with Crippen molar-refractivity contribution in [2.45, 2.75) is 20.1 Å². The Bertz CT molecular complexity index is 1710. The van der Waals surface area contributed by atoms with Crippen LogP contribution in [0.4, 0.5) is 14.5 Å². The monoisotopic (exact) mass is 571 g/mol. The van der Waals surface area contributed by atoms with E-state index in [9.17, 15) is 18.4 Å². The number of aryl methyl sites for hydroxylation is 1. The average molecular weight is 572 g/mol. The van der Waals surface area contributed by atoms with Crippen molar-refractivity contribution >= 4 is 50.7 Å². The van der Waals surface area contributed by atoms with E-state index in [0.717, 1.165) is 11.3 Å². The average Bonchev–Trinajstić information content (AvgIpc) is 3.61. The molecule has 14 heteroatoms. The summed E-state index contributed by atoms with van der Waals surface area (Å²) >= 11 is 6.72. The molecule has 5 aromatic rings. The minimum absolute atomic E-state index is 0.0384. The van der Waals surface area contributed by atoms with Crippen LogP contribution in [-0.4, -0.2) is 36.4 Å². The number of benzene rings is 1. The maximum Gasteiger partial charge on any atom is 0.280 e. The van der Waals surface area contributed by atoms with Crippen molar-refractivity contribution in [2.75, 3.05) is 5.32 Å². The smallest absolute Gasteiger partial charge is 0.280 e. The molecule has 0 unspecified atom stereocenters. The highest BCUT2D eigenvalue weighted by atomic mass is 35.5. The van der Waals surface area contributed by atoms with Crippen LogP contribution in [0.15, 0.2) is 48.8 Å². The fraction of sp³-hybridized carbons (Fsp3) is 0.160. The van der Waals surface area contributed by atoms with E-state index in [1.165, 1.54) is 29.2 Å². The molecule has 39 heavy (non-hydrogen) atoms. The number of aromatic nitrogens is 5. The number of alkyl halides is 2. The van der Waals surface area contributed by atoms with Crippen LogP contribution in [0.1, 0.15) is 38.0 Å². The molecule has 10 nitrogen and oxygen atoms in total. The van der Waals surface area contributed by atoms with Gasteiger partial charge in [-0.05, 0) is 48.9 Å². The number of carbonyl (C=O) groups is 2. The van der Waals surface area contributed by atoms with Gasteiger partial charge in [-0.2, -0.15) is 10.2 Å². The van der Waals surface area contributed by atoms with Gasteiger partial charge in [0.25, 0.3) is 18.2 Å². The highest BCUT2D eigenvalue weighted by molar-refractivity contribution is 7.21. The Balaban J connectivity index is 1.56. The second-order valence-electron chi connectivity index (χ2n) is 8.41. The number of hydrogen-bond acceptors (Lipinski definition) is 7. The molecule has 5 rings (SSSR count). The van der Waals surface area contributed by atoms with E-state index >= 15 is 0 Å². The topological polar surface area (TPSA) is 130 Å². The summed E-state index contributed by atoms with van der Waals surface area (Å²) in [5.74, 6) is -0.958. The molecule has 0 saturated carbocycles. The van der Waals surface area contributed by atoms with Crippen LogP contribution in [0.25, 0.3) is 21.3 Å². The number of rotatable bonds is 8. The molecule has 0 bridgehead atoms. The van der Waals surface area contributed by atoms with Crippen molar-refractivity contribution in [3.8, 4) is 16.9 Å². The molecule has 4 heterocycles. The minimum atomic E-state index is -2.86. The number of amides is 2. The first-order chi connectivity index (χ1) is 18.6. The molecule has 2 amide bonds. The Morgan fingerprint density at radius 1 is 1.18 bits per heavy atom.